The van der Waals surface area contributed by atoms with E-state index >= 15 is 0 Å². The number of halogens is 1. The summed E-state index contributed by atoms with van der Waals surface area (Å²) in [7, 11) is 0. The van der Waals surface area contributed by atoms with Gasteiger partial charge in [0.15, 0.2) is 0 Å². The molecule has 0 amide bonds. The van der Waals surface area contributed by atoms with Crippen molar-refractivity contribution in [2.75, 3.05) is 0 Å². The summed E-state index contributed by atoms with van der Waals surface area (Å²) in [5, 5.41) is 17.7. The summed E-state index contributed by atoms with van der Waals surface area (Å²) >= 11 is 0. The first-order valence-corrected chi connectivity index (χ1v) is 5.76. The van der Waals surface area contributed by atoms with Crippen LogP contribution in [0.1, 0.15) is 11.1 Å². The third-order valence-corrected chi connectivity index (χ3v) is 2.63. The highest BCUT2D eigenvalue weighted by Crippen LogP contribution is 2.26. The number of aliphatic hydroxyl groups excluding tert-OH is 1. The molecule has 0 spiro atoms. The molecule has 0 aliphatic rings. The van der Waals surface area contributed by atoms with Gasteiger partial charge in [0, 0.05) is 5.56 Å². The van der Waals surface area contributed by atoms with Gasteiger partial charge in [0.2, 0.25) is 0 Å². The van der Waals surface area contributed by atoms with Crippen molar-refractivity contribution < 1.29 is 14.2 Å². The Kier molecular flexibility index (Phi) is 4.11. The summed E-state index contributed by atoms with van der Waals surface area (Å²) in [6.45, 7) is -0.292. The van der Waals surface area contributed by atoms with Crippen molar-refractivity contribution in [3.8, 4) is 17.6 Å². The molecule has 1 N–H and O–H groups in total. The normalized spacial score (nSPS) is 9.95. The Bertz CT molecular complexity index is 603. The van der Waals surface area contributed by atoms with Crippen LogP contribution < -0.4 is 4.74 Å². The Morgan fingerprint density at radius 1 is 1.16 bits per heavy atom. The van der Waals surface area contributed by atoms with E-state index in [2.05, 4.69) is 6.07 Å². The second-order valence-electron chi connectivity index (χ2n) is 3.99. The fourth-order valence-corrected chi connectivity index (χ4v) is 1.66. The molecule has 0 saturated heterocycles. The zero-order valence-corrected chi connectivity index (χ0v) is 10.1. The maximum absolute atomic E-state index is 13.0. The van der Waals surface area contributed by atoms with Crippen molar-refractivity contribution >= 4 is 0 Å². The van der Waals surface area contributed by atoms with E-state index in [9.17, 15) is 4.39 Å². The molecule has 2 aromatic carbocycles. The van der Waals surface area contributed by atoms with Crippen LogP contribution in [0.25, 0.3) is 0 Å². The number of rotatable bonds is 4. The molecule has 3 nitrogen and oxygen atoms in total. The minimum Gasteiger partial charge on any atom is -0.457 e. The average Bonchev–Trinajstić information content (AvgIpc) is 2.43. The second-order valence-corrected chi connectivity index (χ2v) is 3.99. The second kappa shape index (κ2) is 5.98. The van der Waals surface area contributed by atoms with Gasteiger partial charge in [-0.2, -0.15) is 5.26 Å². The van der Waals surface area contributed by atoms with Crippen molar-refractivity contribution in [1.29, 1.82) is 5.26 Å². The number of hydrogen-bond acceptors (Lipinski definition) is 3. The smallest absolute Gasteiger partial charge is 0.133 e. The minimum absolute atomic E-state index is 0.292. The van der Waals surface area contributed by atoms with Gasteiger partial charge < -0.3 is 9.84 Å². The summed E-state index contributed by atoms with van der Waals surface area (Å²) in [5.74, 6) is 0.570. The van der Waals surface area contributed by atoms with Crippen LogP contribution in [0.2, 0.25) is 0 Å². The SMILES string of the molecule is N#CCc1ccc(Oc2ccc(F)cc2CO)cc1. The van der Waals surface area contributed by atoms with E-state index in [-0.39, 0.29) is 6.61 Å². The third-order valence-electron chi connectivity index (χ3n) is 2.63. The molecule has 0 radical (unpaired) electrons. The molecule has 0 unspecified atom stereocenters. The first-order chi connectivity index (χ1) is 9.22. The summed E-state index contributed by atoms with van der Waals surface area (Å²) in [4.78, 5) is 0. The van der Waals surface area contributed by atoms with Gasteiger partial charge >= 0.3 is 0 Å². The van der Waals surface area contributed by atoms with Gasteiger partial charge in [0.25, 0.3) is 0 Å². The van der Waals surface area contributed by atoms with Gasteiger partial charge in [-0.25, -0.2) is 4.39 Å². The predicted molar refractivity (Wildman–Crippen MR) is 68.2 cm³/mol. The topological polar surface area (TPSA) is 53.2 Å². The standard InChI is InChI=1S/C15H12FNO2/c16-13-3-6-15(12(9-13)10-18)19-14-4-1-11(2-5-14)7-8-17/h1-6,9,18H,7,10H2. The lowest BCUT2D eigenvalue weighted by atomic mass is 10.1. The van der Waals surface area contributed by atoms with Gasteiger partial charge in [0.05, 0.1) is 19.1 Å². The first kappa shape index (κ1) is 13.1. The quantitative estimate of drug-likeness (QED) is 0.915. The van der Waals surface area contributed by atoms with E-state index in [1.807, 2.05) is 0 Å². The van der Waals surface area contributed by atoms with Gasteiger partial charge in [-0.1, -0.05) is 12.1 Å². The van der Waals surface area contributed by atoms with Crippen molar-refractivity contribution in [3.63, 3.8) is 0 Å². The van der Waals surface area contributed by atoms with Crippen LogP contribution in [0.4, 0.5) is 4.39 Å². The third kappa shape index (κ3) is 3.30. The molecule has 2 aromatic rings. The molecule has 0 saturated carbocycles. The molecule has 0 fully saturated rings. The van der Waals surface area contributed by atoms with Crippen molar-refractivity contribution in [2.45, 2.75) is 13.0 Å². The highest BCUT2D eigenvalue weighted by Gasteiger charge is 2.06. The van der Waals surface area contributed by atoms with E-state index in [1.54, 1.807) is 24.3 Å². The van der Waals surface area contributed by atoms with Crippen molar-refractivity contribution in [1.82, 2.24) is 0 Å². The molecule has 0 aromatic heterocycles. The molecule has 96 valence electrons. The molecule has 4 heteroatoms. The fourth-order valence-electron chi connectivity index (χ4n) is 1.66. The maximum Gasteiger partial charge on any atom is 0.133 e. The van der Waals surface area contributed by atoms with Crippen LogP contribution in [-0.2, 0) is 13.0 Å². The minimum atomic E-state index is -0.416. The summed E-state index contributed by atoms with van der Waals surface area (Å²) in [6.07, 6.45) is 0.346. The van der Waals surface area contributed by atoms with Gasteiger partial charge in [-0.15, -0.1) is 0 Å². The average molecular weight is 257 g/mol. The fraction of sp³-hybridized carbons (Fsp3) is 0.133. The Hall–Kier alpha value is -2.38. The van der Waals surface area contributed by atoms with Crippen molar-refractivity contribution in [2.24, 2.45) is 0 Å². The number of aliphatic hydroxyl groups is 1. The molecule has 0 atom stereocenters. The lowest BCUT2D eigenvalue weighted by molar-refractivity contribution is 0.276. The Balaban J connectivity index is 2.19. The van der Waals surface area contributed by atoms with Gasteiger partial charge in [-0.05, 0) is 35.9 Å². The van der Waals surface area contributed by atoms with Crippen LogP contribution in [-0.4, -0.2) is 5.11 Å². The van der Waals surface area contributed by atoms with E-state index in [0.29, 0.717) is 23.5 Å². The first-order valence-electron chi connectivity index (χ1n) is 5.76. The highest BCUT2D eigenvalue weighted by atomic mass is 19.1. The lowest BCUT2D eigenvalue weighted by Gasteiger charge is -2.10. The number of hydrogen-bond donors (Lipinski definition) is 1. The Morgan fingerprint density at radius 3 is 2.53 bits per heavy atom. The monoisotopic (exact) mass is 257 g/mol. The number of ether oxygens (including phenoxy) is 1. The van der Waals surface area contributed by atoms with E-state index < -0.39 is 5.82 Å². The molecular weight excluding hydrogens is 245 g/mol. The lowest BCUT2D eigenvalue weighted by Crippen LogP contribution is -1.93. The highest BCUT2D eigenvalue weighted by molar-refractivity contribution is 5.38. The van der Waals surface area contributed by atoms with E-state index in [4.69, 9.17) is 15.1 Å². The maximum atomic E-state index is 13.0. The summed E-state index contributed by atoms with van der Waals surface area (Å²) in [6, 6.07) is 13.1. The molecule has 19 heavy (non-hydrogen) atoms. The van der Waals surface area contributed by atoms with Gasteiger partial charge in [0.1, 0.15) is 17.3 Å². The predicted octanol–water partition coefficient (Wildman–Crippen LogP) is 3.18. The number of benzene rings is 2. The van der Waals surface area contributed by atoms with Crippen LogP contribution >= 0.6 is 0 Å². The zero-order chi connectivity index (χ0) is 13.7. The molecular formula is C15H12FNO2. The molecule has 2 rings (SSSR count). The van der Waals surface area contributed by atoms with Crippen LogP contribution in [0.5, 0.6) is 11.5 Å². The number of nitrogens with zero attached hydrogens (tertiary/aromatic N) is 1. The van der Waals surface area contributed by atoms with E-state index in [1.165, 1.54) is 18.2 Å². The molecule has 0 aliphatic heterocycles. The number of nitriles is 1. The molecule has 0 aliphatic carbocycles. The van der Waals surface area contributed by atoms with Crippen LogP contribution in [0.3, 0.4) is 0 Å². The van der Waals surface area contributed by atoms with Crippen LogP contribution in [0, 0.1) is 17.1 Å². The molecule has 0 heterocycles. The zero-order valence-electron chi connectivity index (χ0n) is 10.1. The Labute approximate surface area is 110 Å². The largest absolute Gasteiger partial charge is 0.457 e. The van der Waals surface area contributed by atoms with Crippen molar-refractivity contribution in [3.05, 3.63) is 59.4 Å². The van der Waals surface area contributed by atoms with Gasteiger partial charge in [-0.3, -0.25) is 0 Å². The summed E-state index contributed by atoms with van der Waals surface area (Å²) < 4.78 is 18.6. The van der Waals surface area contributed by atoms with E-state index in [0.717, 1.165) is 5.56 Å². The summed E-state index contributed by atoms with van der Waals surface area (Å²) in [5.41, 5.74) is 1.29. The Morgan fingerprint density at radius 2 is 1.89 bits per heavy atom. The molecule has 0 bridgehead atoms. The van der Waals surface area contributed by atoms with Crippen LogP contribution in [0.15, 0.2) is 42.5 Å².